The Morgan fingerprint density at radius 2 is 1.87 bits per heavy atom. The molecule has 4 nitrogen and oxygen atoms in total. The number of pyridine rings is 1. The van der Waals surface area contributed by atoms with E-state index in [1.54, 1.807) is 6.07 Å². The van der Waals surface area contributed by atoms with Crippen LogP contribution in [-0.2, 0) is 6.18 Å². The molecule has 0 spiro atoms. The molecule has 1 aromatic carbocycles. The van der Waals surface area contributed by atoms with Crippen molar-refractivity contribution >= 4 is 17.4 Å². The van der Waals surface area contributed by atoms with Crippen molar-refractivity contribution in [2.75, 3.05) is 22.9 Å². The number of hydrogen-bond acceptors (Lipinski definition) is 2. The minimum Gasteiger partial charge on any atom is -0.292 e. The second kappa shape index (κ2) is 5.57. The van der Waals surface area contributed by atoms with Crippen LogP contribution in [0.4, 0.5) is 29.3 Å². The predicted molar refractivity (Wildman–Crippen MR) is 80.5 cm³/mol. The first-order valence-electron chi connectivity index (χ1n) is 7.05. The van der Waals surface area contributed by atoms with Crippen molar-refractivity contribution in [1.29, 1.82) is 0 Å². The highest BCUT2D eigenvalue weighted by atomic mass is 19.4. The average Bonchev–Trinajstić information content (AvgIpc) is 2.88. The van der Waals surface area contributed by atoms with Crippen LogP contribution in [-0.4, -0.2) is 24.1 Å². The van der Waals surface area contributed by atoms with E-state index in [1.807, 2.05) is 25.1 Å². The molecule has 1 aliphatic heterocycles. The molecule has 0 aliphatic carbocycles. The highest BCUT2D eigenvalue weighted by Crippen LogP contribution is 2.37. The van der Waals surface area contributed by atoms with Crippen molar-refractivity contribution in [1.82, 2.24) is 4.98 Å². The lowest BCUT2D eigenvalue weighted by Gasteiger charge is -2.21. The molecule has 120 valence electrons. The van der Waals surface area contributed by atoms with Gasteiger partial charge in [0.05, 0.1) is 17.4 Å². The van der Waals surface area contributed by atoms with E-state index in [9.17, 15) is 18.0 Å². The quantitative estimate of drug-likeness (QED) is 0.842. The van der Waals surface area contributed by atoms with Crippen LogP contribution < -0.4 is 9.80 Å². The number of aromatic nitrogens is 1. The topological polar surface area (TPSA) is 36.4 Å². The summed E-state index contributed by atoms with van der Waals surface area (Å²) in [5, 5.41) is 0. The fourth-order valence-electron chi connectivity index (χ4n) is 2.64. The van der Waals surface area contributed by atoms with E-state index in [4.69, 9.17) is 0 Å². The van der Waals surface area contributed by atoms with E-state index in [-0.39, 0.29) is 12.2 Å². The molecule has 0 saturated carbocycles. The summed E-state index contributed by atoms with van der Waals surface area (Å²) in [7, 11) is 0. The summed E-state index contributed by atoms with van der Waals surface area (Å²) < 4.78 is 39.4. The molecule has 7 heteroatoms. The Labute approximate surface area is 131 Å². The van der Waals surface area contributed by atoms with Gasteiger partial charge >= 0.3 is 12.2 Å². The Morgan fingerprint density at radius 3 is 2.57 bits per heavy atom. The molecule has 0 radical (unpaired) electrons. The third-order valence-corrected chi connectivity index (χ3v) is 3.72. The van der Waals surface area contributed by atoms with E-state index in [0.717, 1.165) is 28.9 Å². The standard InChI is InChI=1S/C16H14F3N3O/c1-11-3-2-4-12(9-11)21-7-8-22(15(21)23)14-10-20-6-5-13(14)16(17,18)19/h2-6,9-10H,7-8H2,1H3. The largest absolute Gasteiger partial charge is 0.418 e. The van der Waals surface area contributed by atoms with E-state index in [2.05, 4.69) is 4.98 Å². The van der Waals surface area contributed by atoms with E-state index < -0.39 is 17.8 Å². The van der Waals surface area contributed by atoms with Crippen LogP contribution in [0.25, 0.3) is 0 Å². The summed E-state index contributed by atoms with van der Waals surface area (Å²) >= 11 is 0. The molecule has 0 unspecified atom stereocenters. The summed E-state index contributed by atoms with van der Waals surface area (Å²) in [6, 6.07) is 7.71. The Morgan fingerprint density at radius 1 is 1.13 bits per heavy atom. The van der Waals surface area contributed by atoms with Gasteiger partial charge in [-0.05, 0) is 30.7 Å². The first-order valence-corrected chi connectivity index (χ1v) is 7.05. The van der Waals surface area contributed by atoms with Crippen molar-refractivity contribution in [3.05, 3.63) is 53.9 Å². The number of rotatable bonds is 2. The van der Waals surface area contributed by atoms with Crippen LogP contribution in [0.5, 0.6) is 0 Å². The lowest BCUT2D eigenvalue weighted by atomic mass is 10.2. The van der Waals surface area contributed by atoms with Gasteiger partial charge in [0, 0.05) is 25.0 Å². The maximum atomic E-state index is 13.1. The van der Waals surface area contributed by atoms with Gasteiger partial charge in [0.2, 0.25) is 0 Å². The third-order valence-electron chi connectivity index (χ3n) is 3.72. The van der Waals surface area contributed by atoms with Gasteiger partial charge in [-0.3, -0.25) is 14.8 Å². The van der Waals surface area contributed by atoms with E-state index >= 15 is 0 Å². The summed E-state index contributed by atoms with van der Waals surface area (Å²) in [5.41, 5.74) is 0.591. The smallest absolute Gasteiger partial charge is 0.292 e. The van der Waals surface area contributed by atoms with Gasteiger partial charge in [-0.25, -0.2) is 4.79 Å². The molecule has 23 heavy (non-hydrogen) atoms. The van der Waals surface area contributed by atoms with Gasteiger partial charge in [-0.15, -0.1) is 0 Å². The molecule has 3 rings (SSSR count). The van der Waals surface area contributed by atoms with Crippen molar-refractivity contribution in [2.24, 2.45) is 0 Å². The number of urea groups is 1. The van der Waals surface area contributed by atoms with Gasteiger partial charge in [0.15, 0.2) is 0 Å². The molecule has 2 heterocycles. The SMILES string of the molecule is Cc1cccc(N2CCN(c3cnccc3C(F)(F)F)C2=O)c1. The zero-order valence-corrected chi connectivity index (χ0v) is 12.3. The maximum Gasteiger partial charge on any atom is 0.418 e. The Balaban J connectivity index is 1.94. The molecule has 2 amide bonds. The van der Waals surface area contributed by atoms with Gasteiger partial charge in [0.25, 0.3) is 0 Å². The zero-order valence-electron chi connectivity index (χ0n) is 12.3. The van der Waals surface area contributed by atoms with Crippen LogP contribution in [0.2, 0.25) is 0 Å². The van der Waals surface area contributed by atoms with Crippen LogP contribution in [0.1, 0.15) is 11.1 Å². The summed E-state index contributed by atoms with van der Waals surface area (Å²) in [6.07, 6.45) is -2.37. The molecule has 0 atom stereocenters. The number of carbonyl (C=O) groups excluding carboxylic acids is 1. The van der Waals surface area contributed by atoms with Crippen molar-refractivity contribution in [3.8, 4) is 0 Å². The number of halogens is 3. The number of nitrogens with zero attached hydrogens (tertiary/aromatic N) is 3. The van der Waals surface area contributed by atoms with Gasteiger partial charge in [-0.1, -0.05) is 12.1 Å². The van der Waals surface area contributed by atoms with E-state index in [1.165, 1.54) is 4.90 Å². The maximum absolute atomic E-state index is 13.1. The van der Waals surface area contributed by atoms with Crippen LogP contribution in [0.15, 0.2) is 42.7 Å². The highest BCUT2D eigenvalue weighted by molar-refractivity contribution is 6.06. The molecule has 0 bridgehead atoms. The molecule has 1 saturated heterocycles. The molecule has 1 aromatic heterocycles. The third kappa shape index (κ3) is 2.86. The average molecular weight is 321 g/mol. The molecular formula is C16H14F3N3O. The normalized spacial score (nSPS) is 15.4. The number of amides is 2. The number of hydrogen-bond donors (Lipinski definition) is 0. The van der Waals surface area contributed by atoms with Gasteiger partial charge < -0.3 is 0 Å². The lowest BCUT2D eigenvalue weighted by Crippen LogP contribution is -2.33. The number of carbonyl (C=O) groups is 1. The minimum absolute atomic E-state index is 0.182. The zero-order chi connectivity index (χ0) is 16.6. The van der Waals surface area contributed by atoms with Crippen LogP contribution in [0, 0.1) is 6.92 Å². The summed E-state index contributed by atoms with van der Waals surface area (Å²) in [5.74, 6) is 0. The first-order chi connectivity index (χ1) is 10.9. The van der Waals surface area contributed by atoms with Gasteiger partial charge in [0.1, 0.15) is 0 Å². The lowest BCUT2D eigenvalue weighted by molar-refractivity contribution is -0.137. The van der Waals surface area contributed by atoms with Crippen LogP contribution in [0.3, 0.4) is 0 Å². The first kappa shape index (κ1) is 15.3. The number of anilines is 2. The summed E-state index contributed by atoms with van der Waals surface area (Å²) in [6.45, 7) is 2.40. The Bertz CT molecular complexity index is 745. The van der Waals surface area contributed by atoms with Crippen molar-refractivity contribution < 1.29 is 18.0 Å². The summed E-state index contributed by atoms with van der Waals surface area (Å²) in [4.78, 5) is 18.9. The number of alkyl halides is 3. The second-order valence-electron chi connectivity index (χ2n) is 5.32. The van der Waals surface area contributed by atoms with Crippen molar-refractivity contribution in [3.63, 3.8) is 0 Å². The monoisotopic (exact) mass is 321 g/mol. The highest BCUT2D eigenvalue weighted by Gasteiger charge is 2.39. The fourth-order valence-corrected chi connectivity index (χ4v) is 2.64. The van der Waals surface area contributed by atoms with Crippen LogP contribution >= 0.6 is 0 Å². The Hall–Kier alpha value is -2.57. The number of aryl methyl sites for hydroxylation is 1. The van der Waals surface area contributed by atoms with Crippen molar-refractivity contribution in [2.45, 2.75) is 13.1 Å². The predicted octanol–water partition coefficient (Wildman–Crippen LogP) is 3.86. The molecule has 0 N–H and O–H groups in total. The fraction of sp³-hybridized carbons (Fsp3) is 0.250. The van der Waals surface area contributed by atoms with Gasteiger partial charge in [-0.2, -0.15) is 13.2 Å². The molecule has 1 aliphatic rings. The minimum atomic E-state index is -4.53. The number of benzene rings is 1. The Kier molecular flexibility index (Phi) is 3.71. The molecule has 1 fully saturated rings. The molecule has 2 aromatic rings. The van der Waals surface area contributed by atoms with E-state index in [0.29, 0.717) is 12.2 Å². The second-order valence-corrected chi connectivity index (χ2v) is 5.32. The molecular weight excluding hydrogens is 307 g/mol.